The zero-order valence-electron chi connectivity index (χ0n) is 10.8. The van der Waals surface area contributed by atoms with Crippen molar-refractivity contribution in [1.29, 1.82) is 5.26 Å². The number of piperidine rings is 1. The lowest BCUT2D eigenvalue weighted by molar-refractivity contribution is -0.188. The Kier molecular flexibility index (Phi) is 3.22. The summed E-state index contributed by atoms with van der Waals surface area (Å²) >= 11 is 6.02. The molecule has 1 aromatic rings. The first kappa shape index (κ1) is 12.9. The van der Waals surface area contributed by atoms with Crippen LogP contribution in [0.25, 0.3) is 0 Å². The van der Waals surface area contributed by atoms with Crippen LogP contribution in [-0.4, -0.2) is 29.2 Å². The van der Waals surface area contributed by atoms with E-state index in [4.69, 9.17) is 16.4 Å². The van der Waals surface area contributed by atoms with E-state index >= 15 is 0 Å². The first-order valence-electron chi connectivity index (χ1n) is 6.53. The van der Waals surface area contributed by atoms with Crippen LogP contribution in [0.4, 0.5) is 0 Å². The Morgan fingerprint density at radius 1 is 1.42 bits per heavy atom. The Bertz CT molecular complexity index is 514. The van der Waals surface area contributed by atoms with Crippen LogP contribution in [0.1, 0.15) is 31.2 Å². The van der Waals surface area contributed by atoms with Crippen LogP contribution >= 0.6 is 11.6 Å². The Morgan fingerprint density at radius 2 is 2.11 bits per heavy atom. The van der Waals surface area contributed by atoms with Gasteiger partial charge in [0.15, 0.2) is 0 Å². The van der Waals surface area contributed by atoms with Gasteiger partial charge in [0.1, 0.15) is 0 Å². The molecule has 1 aromatic heterocycles. The average molecular weight is 278 g/mol. The number of nitrogens with zero attached hydrogens (tertiary/aromatic N) is 3. The van der Waals surface area contributed by atoms with Crippen molar-refractivity contribution in [3.8, 4) is 6.07 Å². The molecule has 0 spiro atoms. The quantitative estimate of drug-likeness (QED) is 0.834. The molecule has 0 aliphatic carbocycles. The molecule has 0 amide bonds. The van der Waals surface area contributed by atoms with Crippen LogP contribution in [-0.2, 0) is 10.3 Å². The molecule has 2 aliphatic heterocycles. The fraction of sp³-hybridized carbons (Fsp3) is 0.571. The third-order valence-corrected chi connectivity index (χ3v) is 4.61. The van der Waals surface area contributed by atoms with Gasteiger partial charge >= 0.3 is 0 Å². The number of halogens is 1. The number of fused-ring (bicyclic) bond motifs is 2. The number of pyridine rings is 1. The van der Waals surface area contributed by atoms with Gasteiger partial charge in [-0.3, -0.25) is 4.98 Å². The second-order valence-electron chi connectivity index (χ2n) is 5.42. The molecule has 3 atom stereocenters. The first-order chi connectivity index (χ1) is 9.18. The van der Waals surface area contributed by atoms with Gasteiger partial charge in [0, 0.05) is 24.5 Å². The number of hydrogen-bond acceptors (Lipinski definition) is 4. The Labute approximate surface area is 117 Å². The number of aromatic nitrogens is 1. The molecule has 19 heavy (non-hydrogen) atoms. The molecule has 4 nitrogen and oxygen atoms in total. The second kappa shape index (κ2) is 4.75. The smallest absolute Gasteiger partial charge is 0.0869 e. The lowest BCUT2D eigenvalue weighted by atomic mass is 9.72. The summed E-state index contributed by atoms with van der Waals surface area (Å²) in [5.74, 6) is 0. The maximum Gasteiger partial charge on any atom is 0.0869 e. The van der Waals surface area contributed by atoms with E-state index in [2.05, 4.69) is 16.1 Å². The maximum atomic E-state index is 9.73. The Hall–Kier alpha value is -1.15. The summed E-state index contributed by atoms with van der Waals surface area (Å²) in [4.78, 5) is 9.59. The van der Waals surface area contributed by atoms with Gasteiger partial charge < -0.3 is 4.84 Å². The van der Waals surface area contributed by atoms with Crippen LogP contribution < -0.4 is 0 Å². The highest BCUT2D eigenvalue weighted by Gasteiger charge is 2.50. The molecule has 5 heteroatoms. The van der Waals surface area contributed by atoms with Gasteiger partial charge in [-0.2, -0.15) is 10.3 Å². The highest BCUT2D eigenvalue weighted by atomic mass is 35.5. The van der Waals surface area contributed by atoms with Crippen LogP contribution in [0.2, 0.25) is 5.02 Å². The largest absolute Gasteiger partial charge is 0.302 e. The summed E-state index contributed by atoms with van der Waals surface area (Å²) in [6.07, 6.45) is 7.14. The van der Waals surface area contributed by atoms with Crippen molar-refractivity contribution in [2.75, 3.05) is 7.11 Å². The van der Waals surface area contributed by atoms with E-state index in [1.807, 2.05) is 6.07 Å². The van der Waals surface area contributed by atoms with E-state index in [0.29, 0.717) is 17.1 Å². The molecule has 0 aromatic carbocycles. The molecule has 3 heterocycles. The van der Waals surface area contributed by atoms with Crippen LogP contribution in [0, 0.1) is 11.3 Å². The highest BCUT2D eigenvalue weighted by Crippen LogP contribution is 2.46. The molecule has 0 radical (unpaired) electrons. The van der Waals surface area contributed by atoms with E-state index in [1.54, 1.807) is 19.5 Å². The minimum Gasteiger partial charge on any atom is -0.302 e. The summed E-state index contributed by atoms with van der Waals surface area (Å²) in [6.45, 7) is 0. The zero-order chi connectivity index (χ0) is 13.5. The maximum absolute atomic E-state index is 9.73. The van der Waals surface area contributed by atoms with Crippen LogP contribution in [0.3, 0.4) is 0 Å². The summed E-state index contributed by atoms with van der Waals surface area (Å²) in [5, 5.41) is 12.4. The molecule has 1 unspecified atom stereocenters. The monoisotopic (exact) mass is 277 g/mol. The van der Waals surface area contributed by atoms with E-state index in [9.17, 15) is 5.26 Å². The third-order valence-electron chi connectivity index (χ3n) is 4.40. The van der Waals surface area contributed by atoms with E-state index < -0.39 is 5.41 Å². The summed E-state index contributed by atoms with van der Waals surface area (Å²) in [6, 6.07) is 5.04. The molecule has 2 bridgehead atoms. The normalized spacial score (nSPS) is 34.2. The molecular formula is C14H16ClN3O. The van der Waals surface area contributed by atoms with Crippen molar-refractivity contribution in [1.82, 2.24) is 10.0 Å². The molecule has 100 valence electrons. The lowest BCUT2D eigenvalue weighted by Crippen LogP contribution is -2.48. The van der Waals surface area contributed by atoms with E-state index in [1.165, 1.54) is 0 Å². The van der Waals surface area contributed by atoms with E-state index in [-0.39, 0.29) is 0 Å². The number of rotatable bonds is 2. The summed E-state index contributed by atoms with van der Waals surface area (Å²) in [7, 11) is 1.71. The molecule has 2 fully saturated rings. The van der Waals surface area contributed by atoms with Crippen molar-refractivity contribution in [3.63, 3.8) is 0 Å². The Balaban J connectivity index is 1.97. The topological polar surface area (TPSA) is 49.1 Å². The van der Waals surface area contributed by atoms with E-state index in [0.717, 1.165) is 31.2 Å². The summed E-state index contributed by atoms with van der Waals surface area (Å²) in [5.41, 5.74) is 0.467. The number of hydroxylamine groups is 2. The fourth-order valence-electron chi connectivity index (χ4n) is 3.57. The minimum atomic E-state index is -0.473. The van der Waals surface area contributed by atoms with Gasteiger partial charge in [0.2, 0.25) is 0 Å². The van der Waals surface area contributed by atoms with Crippen molar-refractivity contribution in [3.05, 3.63) is 29.0 Å². The van der Waals surface area contributed by atoms with Crippen molar-refractivity contribution >= 4 is 11.6 Å². The molecule has 3 rings (SSSR count). The molecular weight excluding hydrogens is 262 g/mol. The molecule has 2 saturated heterocycles. The predicted molar refractivity (Wildman–Crippen MR) is 71.4 cm³/mol. The van der Waals surface area contributed by atoms with Crippen molar-refractivity contribution < 1.29 is 4.84 Å². The van der Waals surface area contributed by atoms with Gasteiger partial charge in [0.05, 0.1) is 23.6 Å². The minimum absolute atomic E-state index is 0.322. The van der Waals surface area contributed by atoms with Gasteiger partial charge in [-0.1, -0.05) is 11.6 Å². The lowest BCUT2D eigenvalue weighted by Gasteiger charge is -2.41. The number of nitriles is 1. The van der Waals surface area contributed by atoms with Crippen molar-refractivity contribution in [2.45, 2.75) is 43.2 Å². The van der Waals surface area contributed by atoms with Crippen LogP contribution in [0.5, 0.6) is 0 Å². The van der Waals surface area contributed by atoms with Gasteiger partial charge in [-0.25, -0.2) is 0 Å². The molecule has 2 aliphatic rings. The van der Waals surface area contributed by atoms with Gasteiger partial charge in [-0.05, 0) is 37.3 Å². The van der Waals surface area contributed by atoms with Crippen LogP contribution in [0.15, 0.2) is 18.5 Å². The van der Waals surface area contributed by atoms with Gasteiger partial charge in [-0.15, -0.1) is 0 Å². The molecule has 0 saturated carbocycles. The van der Waals surface area contributed by atoms with Gasteiger partial charge in [0.25, 0.3) is 0 Å². The van der Waals surface area contributed by atoms with Crippen molar-refractivity contribution in [2.24, 2.45) is 0 Å². The summed E-state index contributed by atoms with van der Waals surface area (Å²) < 4.78 is 0. The SMILES string of the molecule is CON1[C@@H]2CC[C@H]1CC(C#N)(c1cncc(Cl)c1)C2. The second-order valence-corrected chi connectivity index (χ2v) is 5.86. The molecule has 0 N–H and O–H groups in total. The zero-order valence-corrected chi connectivity index (χ0v) is 11.6. The standard InChI is InChI=1S/C14H16ClN3O/c1-19-18-12-2-3-13(18)6-14(5-12,9-16)10-4-11(15)8-17-7-10/h4,7-8,12-13H,2-3,5-6H2,1H3/t12-,13+,14?. The Morgan fingerprint density at radius 3 is 2.63 bits per heavy atom. The average Bonchev–Trinajstić information content (AvgIpc) is 2.68. The highest BCUT2D eigenvalue weighted by molar-refractivity contribution is 6.30. The number of hydrogen-bond donors (Lipinski definition) is 0. The fourth-order valence-corrected chi connectivity index (χ4v) is 3.75. The first-order valence-corrected chi connectivity index (χ1v) is 6.91. The predicted octanol–water partition coefficient (Wildman–Crippen LogP) is 2.68. The third kappa shape index (κ3) is 2.02.